The summed E-state index contributed by atoms with van der Waals surface area (Å²) in [5, 5.41) is 3.35. The van der Waals surface area contributed by atoms with Crippen LogP contribution in [0.3, 0.4) is 0 Å². The highest BCUT2D eigenvalue weighted by Crippen LogP contribution is 2.32. The van der Waals surface area contributed by atoms with Gasteiger partial charge < -0.3 is 9.72 Å². The van der Waals surface area contributed by atoms with E-state index >= 15 is 0 Å². The normalized spacial score (nSPS) is 10.8. The highest BCUT2D eigenvalue weighted by Gasteiger charge is 2.17. The lowest BCUT2D eigenvalue weighted by molar-refractivity contribution is 0.102. The van der Waals surface area contributed by atoms with Crippen molar-refractivity contribution in [1.29, 1.82) is 0 Å². The average Bonchev–Trinajstić information content (AvgIpc) is 3.25. The van der Waals surface area contributed by atoms with Gasteiger partial charge in [-0.1, -0.05) is 35.6 Å². The number of imidazole rings is 1. The van der Waals surface area contributed by atoms with Gasteiger partial charge in [0, 0.05) is 11.9 Å². The van der Waals surface area contributed by atoms with Crippen molar-refractivity contribution in [2.75, 3.05) is 12.4 Å². The molecule has 0 radical (unpaired) electrons. The van der Waals surface area contributed by atoms with Crippen LogP contribution in [-0.2, 0) is 0 Å². The number of aromatic amines is 1. The number of carbonyl (C=O) groups is 1. The van der Waals surface area contributed by atoms with Gasteiger partial charge in [0.05, 0.1) is 11.8 Å². The number of anilines is 1. The predicted molar refractivity (Wildman–Crippen MR) is 105 cm³/mol. The van der Waals surface area contributed by atoms with E-state index in [0.29, 0.717) is 21.3 Å². The van der Waals surface area contributed by atoms with Crippen LogP contribution in [0.25, 0.3) is 15.9 Å². The average molecular weight is 382 g/mol. The number of thiazole rings is 1. The molecular formula is C18H14N4O2S2. The fraction of sp³-hybridized carbons (Fsp3) is 0.0556. The van der Waals surface area contributed by atoms with Crippen molar-refractivity contribution in [2.24, 2.45) is 0 Å². The minimum Gasteiger partial charge on any atom is -0.494 e. The van der Waals surface area contributed by atoms with E-state index in [1.807, 2.05) is 48.5 Å². The molecule has 6 nitrogen and oxygen atoms in total. The minimum absolute atomic E-state index is 0.292. The minimum atomic E-state index is -0.292. The van der Waals surface area contributed by atoms with Gasteiger partial charge in [-0.05, 0) is 36.5 Å². The SMILES string of the molecule is COc1cccc2sc(NC(=O)c3c[nH]c(=S)n3-c3ccccc3)nc12. The molecule has 0 atom stereocenters. The van der Waals surface area contributed by atoms with Crippen LogP contribution in [0.1, 0.15) is 10.5 Å². The summed E-state index contributed by atoms with van der Waals surface area (Å²) >= 11 is 6.71. The number of nitrogens with one attached hydrogen (secondary N) is 2. The van der Waals surface area contributed by atoms with Crippen molar-refractivity contribution in [3.8, 4) is 11.4 Å². The molecule has 2 heterocycles. The van der Waals surface area contributed by atoms with E-state index in [-0.39, 0.29) is 5.91 Å². The van der Waals surface area contributed by atoms with Crippen LogP contribution in [0.15, 0.2) is 54.7 Å². The molecule has 0 aliphatic heterocycles. The van der Waals surface area contributed by atoms with Crippen LogP contribution >= 0.6 is 23.6 Å². The molecule has 0 spiro atoms. The van der Waals surface area contributed by atoms with Gasteiger partial charge in [-0.3, -0.25) is 14.7 Å². The van der Waals surface area contributed by atoms with Crippen molar-refractivity contribution < 1.29 is 9.53 Å². The van der Waals surface area contributed by atoms with Gasteiger partial charge in [-0.2, -0.15) is 0 Å². The van der Waals surface area contributed by atoms with E-state index in [1.54, 1.807) is 17.9 Å². The Kier molecular flexibility index (Phi) is 4.27. The Morgan fingerprint density at radius 1 is 1.23 bits per heavy atom. The number of hydrogen-bond donors (Lipinski definition) is 2. The summed E-state index contributed by atoms with van der Waals surface area (Å²) in [7, 11) is 1.60. The first kappa shape index (κ1) is 16.5. The number of ether oxygens (including phenoxy) is 1. The summed E-state index contributed by atoms with van der Waals surface area (Å²) in [5.41, 5.74) is 1.95. The highest BCUT2D eigenvalue weighted by molar-refractivity contribution is 7.71. The molecular weight excluding hydrogens is 368 g/mol. The van der Waals surface area contributed by atoms with Crippen LogP contribution in [0.2, 0.25) is 0 Å². The topological polar surface area (TPSA) is 71.9 Å². The van der Waals surface area contributed by atoms with E-state index in [0.717, 1.165) is 15.9 Å². The van der Waals surface area contributed by atoms with E-state index in [2.05, 4.69) is 15.3 Å². The lowest BCUT2D eigenvalue weighted by atomic mass is 10.3. The molecule has 8 heteroatoms. The van der Waals surface area contributed by atoms with Gasteiger partial charge >= 0.3 is 0 Å². The van der Waals surface area contributed by atoms with Crippen molar-refractivity contribution in [3.63, 3.8) is 0 Å². The maximum atomic E-state index is 12.8. The number of fused-ring (bicyclic) bond motifs is 1. The molecule has 0 bridgehead atoms. The number of benzene rings is 2. The van der Waals surface area contributed by atoms with Gasteiger partial charge in [-0.15, -0.1) is 0 Å². The van der Waals surface area contributed by atoms with Crippen LogP contribution in [0.5, 0.6) is 5.75 Å². The van der Waals surface area contributed by atoms with E-state index in [9.17, 15) is 4.79 Å². The summed E-state index contributed by atoms with van der Waals surface area (Å²) in [6.07, 6.45) is 1.60. The number of para-hydroxylation sites is 2. The number of carbonyl (C=O) groups excluding carboxylic acids is 1. The zero-order valence-corrected chi connectivity index (χ0v) is 15.4. The lowest BCUT2D eigenvalue weighted by Crippen LogP contribution is -2.16. The Morgan fingerprint density at radius 3 is 2.81 bits per heavy atom. The van der Waals surface area contributed by atoms with Gasteiger partial charge in [-0.25, -0.2) is 4.98 Å². The third-order valence-corrected chi connectivity index (χ3v) is 5.08. The number of H-pyrrole nitrogens is 1. The molecule has 4 aromatic rings. The van der Waals surface area contributed by atoms with Gasteiger partial charge in [0.1, 0.15) is 17.0 Å². The van der Waals surface area contributed by atoms with Crippen LogP contribution in [0.4, 0.5) is 5.13 Å². The molecule has 1 amide bonds. The Balaban J connectivity index is 1.69. The lowest BCUT2D eigenvalue weighted by Gasteiger charge is -2.07. The number of nitrogens with zero attached hydrogens (tertiary/aromatic N) is 2. The Labute approximate surface area is 158 Å². The molecule has 2 aromatic carbocycles. The molecule has 2 aromatic heterocycles. The maximum absolute atomic E-state index is 12.8. The standard InChI is InChI=1S/C18H14N4O2S2/c1-24-13-8-5-9-14-15(13)20-17(26-14)21-16(23)12-10-19-18(25)22(12)11-6-3-2-4-7-11/h2-10H,1H3,(H,19,25)(H,20,21,23). The van der Waals surface area contributed by atoms with E-state index in [4.69, 9.17) is 17.0 Å². The molecule has 0 aliphatic rings. The van der Waals surface area contributed by atoms with Crippen LogP contribution < -0.4 is 10.1 Å². The Hall–Kier alpha value is -2.97. The van der Waals surface area contributed by atoms with Crippen LogP contribution in [0, 0.1) is 4.77 Å². The summed E-state index contributed by atoms with van der Waals surface area (Å²) in [6.45, 7) is 0. The highest BCUT2D eigenvalue weighted by atomic mass is 32.1. The summed E-state index contributed by atoms with van der Waals surface area (Å²) in [4.78, 5) is 20.2. The molecule has 2 N–H and O–H groups in total. The first-order valence-corrected chi connectivity index (χ1v) is 9.00. The van der Waals surface area contributed by atoms with Gasteiger partial charge in [0.2, 0.25) is 0 Å². The van der Waals surface area contributed by atoms with Crippen LogP contribution in [-0.4, -0.2) is 27.6 Å². The zero-order chi connectivity index (χ0) is 18.1. The number of amides is 1. The van der Waals surface area contributed by atoms with E-state index in [1.165, 1.54) is 11.3 Å². The first-order valence-electron chi connectivity index (χ1n) is 7.78. The number of hydrogen-bond acceptors (Lipinski definition) is 5. The zero-order valence-electron chi connectivity index (χ0n) is 13.7. The number of methoxy groups -OCH3 is 1. The second-order valence-electron chi connectivity index (χ2n) is 5.43. The Bertz CT molecular complexity index is 1140. The second-order valence-corrected chi connectivity index (χ2v) is 6.85. The Morgan fingerprint density at radius 2 is 2.04 bits per heavy atom. The van der Waals surface area contributed by atoms with Gasteiger partial charge in [0.25, 0.3) is 5.91 Å². The predicted octanol–water partition coefficient (Wildman–Crippen LogP) is 4.41. The monoisotopic (exact) mass is 382 g/mol. The molecule has 0 fully saturated rings. The van der Waals surface area contributed by atoms with Crippen molar-refractivity contribution in [3.05, 3.63) is 65.2 Å². The molecule has 4 rings (SSSR count). The first-order chi connectivity index (χ1) is 12.7. The van der Waals surface area contributed by atoms with Gasteiger partial charge in [0.15, 0.2) is 9.90 Å². The molecule has 130 valence electrons. The number of rotatable bonds is 4. The molecule has 26 heavy (non-hydrogen) atoms. The van der Waals surface area contributed by atoms with Crippen molar-refractivity contribution in [2.45, 2.75) is 0 Å². The smallest absolute Gasteiger partial charge is 0.276 e. The fourth-order valence-corrected chi connectivity index (χ4v) is 3.81. The summed E-state index contributed by atoms with van der Waals surface area (Å²) < 4.78 is 8.40. The second kappa shape index (κ2) is 6.74. The summed E-state index contributed by atoms with van der Waals surface area (Å²) in [5.74, 6) is 0.382. The largest absolute Gasteiger partial charge is 0.494 e. The molecule has 0 unspecified atom stereocenters. The third kappa shape index (κ3) is 2.89. The molecule has 0 saturated carbocycles. The quantitative estimate of drug-likeness (QED) is 0.513. The summed E-state index contributed by atoms with van der Waals surface area (Å²) in [6, 6.07) is 15.2. The van der Waals surface area contributed by atoms with Crippen molar-refractivity contribution >= 4 is 44.8 Å². The van der Waals surface area contributed by atoms with Crippen molar-refractivity contribution in [1.82, 2.24) is 14.5 Å². The van der Waals surface area contributed by atoms with E-state index < -0.39 is 0 Å². The fourth-order valence-electron chi connectivity index (χ4n) is 2.67. The maximum Gasteiger partial charge on any atom is 0.276 e. The molecule has 0 aliphatic carbocycles. The molecule has 0 saturated heterocycles. The number of aromatic nitrogens is 3. The third-order valence-electron chi connectivity index (χ3n) is 3.85.